The van der Waals surface area contributed by atoms with E-state index >= 15 is 0 Å². The predicted molar refractivity (Wildman–Crippen MR) is 204 cm³/mol. The Morgan fingerprint density at radius 2 is 1.93 bits per heavy atom. The van der Waals surface area contributed by atoms with Gasteiger partial charge in [0.1, 0.15) is 30.4 Å². The summed E-state index contributed by atoms with van der Waals surface area (Å²) < 4.78 is 24.6. The third-order valence-electron chi connectivity index (χ3n) is 10.2. The van der Waals surface area contributed by atoms with Crippen LogP contribution in [0.15, 0.2) is 83.3 Å². The van der Waals surface area contributed by atoms with Crippen molar-refractivity contribution in [2.24, 2.45) is 5.92 Å². The van der Waals surface area contributed by atoms with E-state index in [-0.39, 0.29) is 48.4 Å². The number of nitriles is 1. The van der Waals surface area contributed by atoms with Crippen molar-refractivity contribution in [3.05, 3.63) is 129 Å². The fourth-order valence-electron chi connectivity index (χ4n) is 6.95. The Morgan fingerprint density at radius 3 is 2.64 bits per heavy atom. The van der Waals surface area contributed by atoms with Crippen molar-refractivity contribution >= 4 is 17.2 Å². The van der Waals surface area contributed by atoms with E-state index in [2.05, 4.69) is 26.5 Å². The van der Waals surface area contributed by atoms with Gasteiger partial charge in [0.2, 0.25) is 17.5 Å². The number of nitro groups is 1. The van der Waals surface area contributed by atoms with E-state index in [0.717, 1.165) is 29.8 Å². The molecule has 1 aromatic heterocycles. The first-order valence-electron chi connectivity index (χ1n) is 18.3. The molecule has 6 rings (SSSR count). The number of aromatic nitrogens is 2. The highest BCUT2D eigenvalue weighted by molar-refractivity contribution is 5.75. The molecule has 0 bridgehead atoms. The molecule has 0 spiro atoms. The number of ether oxygens (including phenoxy) is 3. The molecule has 1 saturated heterocycles. The van der Waals surface area contributed by atoms with Crippen LogP contribution in [0.25, 0.3) is 5.57 Å². The summed E-state index contributed by atoms with van der Waals surface area (Å²) in [5.41, 5.74) is 2.97. The third-order valence-corrected chi connectivity index (χ3v) is 10.2. The summed E-state index contributed by atoms with van der Waals surface area (Å²) >= 11 is 0. The van der Waals surface area contributed by atoms with E-state index < -0.39 is 28.5 Å². The van der Waals surface area contributed by atoms with Crippen LogP contribution in [0.2, 0.25) is 0 Å². The van der Waals surface area contributed by atoms with Crippen LogP contribution < -0.4 is 14.8 Å². The van der Waals surface area contributed by atoms with Gasteiger partial charge < -0.3 is 28.8 Å². The molecule has 2 aliphatic rings. The van der Waals surface area contributed by atoms with Crippen LogP contribution in [0.1, 0.15) is 53.4 Å². The zero-order valence-corrected chi connectivity index (χ0v) is 31.4. The minimum Gasteiger partial charge on any atom is -0.488 e. The zero-order chi connectivity index (χ0) is 39.8. The minimum absolute atomic E-state index is 0.0132. The Labute approximate surface area is 324 Å². The molecule has 56 heavy (non-hydrogen) atoms. The number of hydrogen-bond acceptors (Lipinski definition) is 13. The Balaban J connectivity index is 1.37. The molecule has 2 heterocycles. The lowest BCUT2D eigenvalue weighted by molar-refractivity contribution is -0.386. The van der Waals surface area contributed by atoms with E-state index in [1.807, 2.05) is 56.3 Å². The Kier molecular flexibility index (Phi) is 12.6. The minimum atomic E-state index is -1.36. The lowest BCUT2D eigenvalue weighted by atomic mass is 9.68. The number of allylic oxidation sites excluding steroid dienone is 3. The number of aliphatic carboxylic acids is 1. The molecule has 1 fully saturated rings. The number of aliphatic hydroxyl groups excluding tert-OH is 1. The van der Waals surface area contributed by atoms with E-state index in [4.69, 9.17) is 18.6 Å². The summed E-state index contributed by atoms with van der Waals surface area (Å²) in [6, 6.07) is 18.2. The molecule has 0 radical (unpaired) electrons. The van der Waals surface area contributed by atoms with Crippen LogP contribution in [0.4, 0.5) is 5.69 Å². The summed E-state index contributed by atoms with van der Waals surface area (Å²) in [4.78, 5) is 26.1. The van der Waals surface area contributed by atoms with Crippen molar-refractivity contribution in [2.45, 2.75) is 58.0 Å². The first-order valence-corrected chi connectivity index (χ1v) is 18.3. The first kappa shape index (κ1) is 39.8. The molecule has 292 valence electrons. The Hall–Kier alpha value is -5.92. The van der Waals surface area contributed by atoms with Gasteiger partial charge in [-0.05, 0) is 48.2 Å². The lowest BCUT2D eigenvalue weighted by Gasteiger charge is -2.37. The maximum absolute atomic E-state index is 12.6. The van der Waals surface area contributed by atoms with Gasteiger partial charge in [0.05, 0.1) is 42.4 Å². The van der Waals surface area contributed by atoms with Crippen molar-refractivity contribution in [1.82, 2.24) is 20.4 Å². The van der Waals surface area contributed by atoms with Crippen molar-refractivity contribution < 1.29 is 38.6 Å². The molecule has 15 heteroatoms. The Bertz CT molecular complexity index is 2150. The van der Waals surface area contributed by atoms with Crippen LogP contribution in [0.3, 0.4) is 0 Å². The Morgan fingerprint density at radius 1 is 1.14 bits per heavy atom. The number of hydrogen-bond donors (Lipinski definition) is 3. The van der Waals surface area contributed by atoms with Crippen molar-refractivity contribution in [1.29, 1.82) is 5.26 Å². The topological polar surface area (TPSA) is 206 Å². The predicted octanol–water partition coefficient (Wildman–Crippen LogP) is 5.10. The summed E-state index contributed by atoms with van der Waals surface area (Å²) in [5, 5.41) is 53.5. The molecule has 1 aliphatic heterocycles. The van der Waals surface area contributed by atoms with Crippen LogP contribution in [-0.4, -0.2) is 81.3 Å². The SMILES string of the molecule is Cc1ccccc1C1=CC=CC(COc2cc(OCc3cccc(C#N)c3)c(CNC(C(=O)O)C(C)O)cc2[N+](=O)[O-])(c2nnc(CN3CCOCC3)o2)C1C. The van der Waals surface area contributed by atoms with E-state index in [1.165, 1.54) is 19.1 Å². The monoisotopic (exact) mass is 764 g/mol. The van der Waals surface area contributed by atoms with Gasteiger partial charge in [0.15, 0.2) is 0 Å². The van der Waals surface area contributed by atoms with Gasteiger partial charge in [-0.15, -0.1) is 10.2 Å². The zero-order valence-electron chi connectivity index (χ0n) is 31.4. The van der Waals surface area contributed by atoms with Gasteiger partial charge in [-0.25, -0.2) is 0 Å². The van der Waals surface area contributed by atoms with Gasteiger partial charge in [-0.2, -0.15) is 5.26 Å². The quantitative estimate of drug-likeness (QED) is 0.100. The largest absolute Gasteiger partial charge is 0.488 e. The normalized spacial score (nSPS) is 19.4. The van der Waals surface area contributed by atoms with Crippen LogP contribution in [-0.2, 0) is 34.6 Å². The molecule has 0 amide bonds. The number of aryl methyl sites for hydroxylation is 1. The molecular formula is C41H44N6O9. The number of carboxylic acid groups (broad SMARTS) is 1. The van der Waals surface area contributed by atoms with Crippen LogP contribution in [0.5, 0.6) is 11.5 Å². The van der Waals surface area contributed by atoms with Gasteiger partial charge in [0, 0.05) is 43.2 Å². The van der Waals surface area contributed by atoms with Gasteiger partial charge >= 0.3 is 11.7 Å². The molecule has 4 aromatic rings. The van der Waals surface area contributed by atoms with Gasteiger partial charge in [-0.3, -0.25) is 25.1 Å². The van der Waals surface area contributed by atoms with Crippen LogP contribution in [0, 0.1) is 34.3 Å². The number of morpholine rings is 1. The maximum atomic E-state index is 12.6. The lowest BCUT2D eigenvalue weighted by Crippen LogP contribution is -2.44. The number of benzene rings is 3. The molecule has 3 aromatic carbocycles. The summed E-state index contributed by atoms with van der Waals surface area (Å²) in [5.74, 6) is -0.821. The number of nitro benzene ring substituents is 1. The smallest absolute Gasteiger partial charge is 0.323 e. The second kappa shape index (κ2) is 17.7. The second-order valence-electron chi connectivity index (χ2n) is 14.0. The third kappa shape index (κ3) is 8.96. The summed E-state index contributed by atoms with van der Waals surface area (Å²) in [6.07, 6.45) is 4.61. The maximum Gasteiger partial charge on any atom is 0.323 e. The van der Waals surface area contributed by atoms with Gasteiger partial charge in [0.25, 0.3) is 0 Å². The number of nitrogens with zero attached hydrogens (tertiary/aromatic N) is 5. The fourth-order valence-corrected chi connectivity index (χ4v) is 6.95. The molecule has 3 N–H and O–H groups in total. The van der Waals surface area contributed by atoms with Crippen molar-refractivity contribution in [2.75, 3.05) is 32.9 Å². The number of rotatable bonds is 16. The van der Waals surface area contributed by atoms with E-state index in [1.54, 1.807) is 24.3 Å². The number of aliphatic hydroxyl groups is 1. The number of carbonyl (C=O) groups is 1. The molecule has 1 aliphatic carbocycles. The average Bonchev–Trinajstić information content (AvgIpc) is 3.66. The highest BCUT2D eigenvalue weighted by Gasteiger charge is 2.46. The molecule has 0 saturated carbocycles. The first-order chi connectivity index (χ1) is 27.0. The van der Waals surface area contributed by atoms with E-state index in [9.17, 15) is 30.4 Å². The average molecular weight is 765 g/mol. The number of nitrogens with one attached hydrogen (secondary N) is 1. The molecule has 4 atom stereocenters. The summed E-state index contributed by atoms with van der Waals surface area (Å²) in [6.45, 7) is 8.14. The standard InChI is InChI=1S/C41H44N6O9/c1-26-8-4-5-11-32(26)33-12-7-13-41(27(33)2,40-45-44-37(56-40)23-46-14-16-53-17-15-46)25-55-36-20-35(54-24-30-10-6-9-29(18-30)21-42)31(19-34(36)47(51)52)22-43-38(28(3)48)39(49)50/h4-13,18-20,27-28,38,43,48H,14-17,22-25H2,1-3H3,(H,49,50). The second-order valence-corrected chi connectivity index (χ2v) is 14.0. The van der Waals surface area contributed by atoms with Gasteiger partial charge in [-0.1, -0.05) is 61.5 Å². The van der Waals surface area contributed by atoms with Crippen molar-refractivity contribution in [3.8, 4) is 17.6 Å². The van der Waals surface area contributed by atoms with Crippen molar-refractivity contribution in [3.63, 3.8) is 0 Å². The number of carboxylic acids is 1. The fraction of sp³-hybridized carbons (Fsp3) is 0.366. The molecule has 15 nitrogen and oxygen atoms in total. The molecular weight excluding hydrogens is 720 g/mol. The van der Waals surface area contributed by atoms with Crippen LogP contribution >= 0.6 is 0 Å². The highest BCUT2D eigenvalue weighted by atomic mass is 16.6. The van der Waals surface area contributed by atoms with E-state index in [0.29, 0.717) is 42.7 Å². The molecule has 4 unspecified atom stereocenters. The highest BCUT2D eigenvalue weighted by Crippen LogP contribution is 2.46. The summed E-state index contributed by atoms with van der Waals surface area (Å²) in [7, 11) is 0.